The van der Waals surface area contributed by atoms with E-state index >= 15 is 0 Å². The lowest BCUT2D eigenvalue weighted by Gasteiger charge is -2.42. The first-order valence-corrected chi connectivity index (χ1v) is 14.7. The maximum Gasteiger partial charge on any atom is 0.410 e. The zero-order chi connectivity index (χ0) is 29.0. The van der Waals surface area contributed by atoms with Gasteiger partial charge in [0.25, 0.3) is 0 Å². The molecule has 1 heterocycles. The van der Waals surface area contributed by atoms with Gasteiger partial charge in [-0.15, -0.1) is 4.31 Å². The summed E-state index contributed by atoms with van der Waals surface area (Å²) >= 11 is 1.93. The number of carbonyl (C=O) groups excluding carboxylic acids is 2. The third-order valence-corrected chi connectivity index (χ3v) is 8.78. The number of carbonyl (C=O) groups is 2. The number of hydrogen-bond donors (Lipinski definition) is 0. The number of hydrogen-bond acceptors (Lipinski definition) is 7. The van der Waals surface area contributed by atoms with Crippen molar-refractivity contribution in [3.63, 3.8) is 0 Å². The third-order valence-electron chi connectivity index (χ3n) is 6.24. The van der Waals surface area contributed by atoms with Crippen molar-refractivity contribution in [3.05, 3.63) is 28.0 Å². The predicted molar refractivity (Wildman–Crippen MR) is 150 cm³/mol. The maximum absolute atomic E-state index is 14.8. The Balaban J connectivity index is 2.15. The number of benzene rings is 1. The van der Waals surface area contributed by atoms with E-state index in [0.717, 1.165) is 18.9 Å². The number of rotatable bonds is 8. The van der Waals surface area contributed by atoms with E-state index in [0.29, 0.717) is 19.6 Å². The number of methoxy groups -OCH3 is 1. The second kappa shape index (κ2) is 13.2. The minimum Gasteiger partial charge on any atom is -0.597 e. The van der Waals surface area contributed by atoms with Gasteiger partial charge in [0.1, 0.15) is 16.5 Å². The first-order chi connectivity index (χ1) is 17.4. The number of amides is 1. The van der Waals surface area contributed by atoms with Crippen molar-refractivity contribution in [2.24, 2.45) is 5.92 Å². The summed E-state index contributed by atoms with van der Waals surface area (Å²) in [7, 11) is 1.23. The Morgan fingerprint density at radius 1 is 1.18 bits per heavy atom. The van der Waals surface area contributed by atoms with Crippen molar-refractivity contribution in [1.29, 1.82) is 0 Å². The van der Waals surface area contributed by atoms with Crippen molar-refractivity contribution in [2.75, 3.05) is 26.7 Å². The van der Waals surface area contributed by atoms with E-state index in [1.807, 2.05) is 52.8 Å². The lowest BCUT2D eigenvalue weighted by Crippen LogP contribution is -2.54. The van der Waals surface area contributed by atoms with Gasteiger partial charge in [-0.25, -0.2) is 14.0 Å². The molecule has 0 N–H and O–H groups in total. The first-order valence-electron chi connectivity index (χ1n) is 12.8. The van der Waals surface area contributed by atoms with Crippen molar-refractivity contribution in [3.8, 4) is 5.75 Å². The molecular weight excluding hydrogens is 579 g/mol. The third kappa shape index (κ3) is 8.99. The summed E-state index contributed by atoms with van der Waals surface area (Å²) < 4.78 is 46.3. The van der Waals surface area contributed by atoms with Crippen LogP contribution in [0.4, 0.5) is 9.18 Å². The normalized spacial score (nSPS) is 17.7. The minimum absolute atomic E-state index is 0.0232. The molecule has 3 unspecified atom stereocenters. The lowest BCUT2D eigenvalue weighted by atomic mass is 9.90. The highest BCUT2D eigenvalue weighted by molar-refractivity contribution is 9.10. The van der Waals surface area contributed by atoms with Crippen LogP contribution < -0.4 is 4.74 Å². The summed E-state index contributed by atoms with van der Waals surface area (Å²) in [6, 6.07) is 2.45. The summed E-state index contributed by atoms with van der Waals surface area (Å²) in [4.78, 5) is 26.0. The number of likely N-dealkylation sites (tertiary alicyclic amines) is 1. The lowest BCUT2D eigenvalue weighted by molar-refractivity contribution is 0.0152. The highest BCUT2D eigenvalue weighted by Gasteiger charge is 2.41. The van der Waals surface area contributed by atoms with Gasteiger partial charge in [0, 0.05) is 24.5 Å². The molecule has 8 nitrogen and oxygen atoms in total. The van der Waals surface area contributed by atoms with E-state index in [9.17, 15) is 18.5 Å². The molecule has 1 aromatic rings. The Morgan fingerprint density at radius 2 is 1.76 bits per heavy atom. The van der Waals surface area contributed by atoms with Gasteiger partial charge < -0.3 is 23.7 Å². The molecule has 1 fully saturated rings. The smallest absolute Gasteiger partial charge is 0.410 e. The SMILES string of the molecule is COC(=O)c1cc(F)c(OC(C)CN(C(C)C2CCN(C(=O)OC(C)(C)C)CC2)[S+]([O-])C(C)(C)C)c(Br)c1. The van der Waals surface area contributed by atoms with E-state index in [4.69, 9.17) is 9.47 Å². The second-order valence-electron chi connectivity index (χ2n) is 11.7. The molecule has 0 spiro atoms. The van der Waals surface area contributed by atoms with Crippen molar-refractivity contribution >= 4 is 39.4 Å². The van der Waals surface area contributed by atoms with Crippen LogP contribution in [0.25, 0.3) is 0 Å². The van der Waals surface area contributed by atoms with Crippen molar-refractivity contribution in [2.45, 2.75) is 90.7 Å². The molecule has 1 saturated heterocycles. The van der Waals surface area contributed by atoms with Crippen LogP contribution >= 0.6 is 15.9 Å². The second-order valence-corrected chi connectivity index (χ2v) is 14.7. The highest BCUT2D eigenvalue weighted by Crippen LogP contribution is 2.33. The largest absolute Gasteiger partial charge is 0.597 e. The zero-order valence-electron chi connectivity index (χ0n) is 23.9. The van der Waals surface area contributed by atoms with Gasteiger partial charge in [-0.3, -0.25) is 0 Å². The van der Waals surface area contributed by atoms with Crippen LogP contribution in [-0.4, -0.2) is 75.1 Å². The van der Waals surface area contributed by atoms with Gasteiger partial charge in [0.2, 0.25) is 0 Å². The Hall–Kier alpha value is -1.56. The van der Waals surface area contributed by atoms with E-state index in [2.05, 4.69) is 20.7 Å². The first kappa shape index (κ1) is 32.7. The molecule has 3 atom stereocenters. The molecule has 1 aliphatic rings. The average Bonchev–Trinajstić information content (AvgIpc) is 2.81. The summed E-state index contributed by atoms with van der Waals surface area (Å²) in [5.74, 6) is -1.17. The predicted octanol–water partition coefficient (Wildman–Crippen LogP) is 5.94. The Kier molecular flexibility index (Phi) is 11.3. The fraction of sp³-hybridized carbons (Fsp3) is 0.704. The molecule has 1 aromatic carbocycles. The molecule has 1 aliphatic heterocycles. The summed E-state index contributed by atoms with van der Waals surface area (Å²) in [6.07, 6.45) is 0.678. The van der Waals surface area contributed by atoms with Crippen LogP contribution in [0.3, 0.4) is 0 Å². The van der Waals surface area contributed by atoms with E-state index < -0.39 is 39.6 Å². The van der Waals surface area contributed by atoms with Crippen LogP contribution in [0, 0.1) is 11.7 Å². The molecule has 0 bridgehead atoms. The fourth-order valence-corrected chi connectivity index (χ4v) is 6.32. The zero-order valence-corrected chi connectivity index (χ0v) is 26.3. The Bertz CT molecular complexity index is 952. The van der Waals surface area contributed by atoms with Gasteiger partial charge in [-0.1, -0.05) is 0 Å². The molecule has 11 heteroatoms. The van der Waals surface area contributed by atoms with Crippen LogP contribution in [0.2, 0.25) is 0 Å². The molecule has 1 amide bonds. The number of ether oxygens (including phenoxy) is 3. The quantitative estimate of drug-likeness (QED) is 0.262. The molecule has 38 heavy (non-hydrogen) atoms. The van der Waals surface area contributed by atoms with Gasteiger partial charge in [-0.2, -0.15) is 0 Å². The van der Waals surface area contributed by atoms with Crippen molar-refractivity contribution < 1.29 is 32.7 Å². The highest BCUT2D eigenvalue weighted by atomic mass is 79.9. The van der Waals surface area contributed by atoms with Crippen LogP contribution in [0.1, 0.15) is 78.6 Å². The monoisotopic (exact) mass is 620 g/mol. The van der Waals surface area contributed by atoms with Gasteiger partial charge in [0.05, 0.1) is 29.7 Å². The summed E-state index contributed by atoms with van der Waals surface area (Å²) in [5, 5.41) is 0. The number of piperidine rings is 1. The number of esters is 1. The van der Waals surface area contributed by atoms with Gasteiger partial charge in [-0.05, 0) is 102 Å². The summed E-state index contributed by atoms with van der Waals surface area (Å²) in [6.45, 7) is 16.6. The Labute approximate surface area is 238 Å². The molecule has 216 valence electrons. The topological polar surface area (TPSA) is 91.4 Å². The molecule has 2 rings (SSSR count). The minimum atomic E-state index is -1.36. The van der Waals surface area contributed by atoms with Gasteiger partial charge >= 0.3 is 12.1 Å². The maximum atomic E-state index is 14.8. The Morgan fingerprint density at radius 3 is 2.24 bits per heavy atom. The van der Waals surface area contributed by atoms with E-state index in [1.165, 1.54) is 13.2 Å². The summed E-state index contributed by atoms with van der Waals surface area (Å²) in [5.41, 5.74) is -0.482. The molecule has 0 saturated carbocycles. The van der Waals surface area contributed by atoms with Gasteiger partial charge in [0.15, 0.2) is 11.6 Å². The van der Waals surface area contributed by atoms with Crippen LogP contribution in [-0.2, 0) is 20.8 Å². The van der Waals surface area contributed by atoms with Crippen LogP contribution in [0.15, 0.2) is 16.6 Å². The fourth-order valence-electron chi connectivity index (χ4n) is 4.26. The van der Waals surface area contributed by atoms with Crippen LogP contribution in [0.5, 0.6) is 5.75 Å². The molecule has 0 aliphatic carbocycles. The van der Waals surface area contributed by atoms with E-state index in [-0.39, 0.29) is 33.8 Å². The molecule has 0 radical (unpaired) electrons. The standard InChI is InChI=1S/C27H42BrFN2O6S/c1-17(36-23-21(28)14-20(15-22(23)29)24(32)35-9)16-31(38(34)27(6,7)8)18(2)19-10-12-30(13-11-19)25(33)37-26(3,4)5/h14-15,17-19H,10-13,16H2,1-9H3. The average molecular weight is 622 g/mol. The van der Waals surface area contributed by atoms with Crippen molar-refractivity contribution in [1.82, 2.24) is 9.21 Å². The number of halogens is 2. The van der Waals surface area contributed by atoms with E-state index in [1.54, 1.807) is 11.8 Å². The molecular formula is C27H42BrFN2O6S. The molecule has 0 aromatic heterocycles. The number of nitrogens with zero attached hydrogens (tertiary/aromatic N) is 2.